The van der Waals surface area contributed by atoms with E-state index in [1.54, 1.807) is 0 Å². The topological polar surface area (TPSA) is 58.4 Å². The zero-order chi connectivity index (χ0) is 14.8. The molecule has 1 aromatic carbocycles. The number of hydrogen-bond acceptors (Lipinski definition) is 3. The van der Waals surface area contributed by atoms with Gasteiger partial charge in [0.2, 0.25) is 0 Å². The van der Waals surface area contributed by atoms with Crippen molar-refractivity contribution in [3.8, 4) is 0 Å². The zero-order valence-electron chi connectivity index (χ0n) is 11.6. The minimum Gasteiger partial charge on any atom is -0.394 e. The van der Waals surface area contributed by atoms with E-state index in [4.69, 9.17) is 5.73 Å². The number of nitrogens with one attached hydrogen (secondary N) is 1. The molecule has 0 unspecified atom stereocenters. The third kappa shape index (κ3) is 3.64. The maximum Gasteiger partial charge on any atom is 0.251 e. The second-order valence-corrected chi connectivity index (χ2v) is 5.24. The molecular weight excluding hydrogens is 252 g/mol. The van der Waals surface area contributed by atoms with Gasteiger partial charge in [-0.3, -0.25) is 4.79 Å². The minimum atomic E-state index is -0.933. The van der Waals surface area contributed by atoms with Crippen molar-refractivity contribution in [1.29, 1.82) is 0 Å². The van der Waals surface area contributed by atoms with Crippen molar-refractivity contribution < 1.29 is 13.6 Å². The Labute approximate surface area is 111 Å². The second-order valence-electron chi connectivity index (χ2n) is 5.24. The first-order valence-corrected chi connectivity index (χ1v) is 5.85. The third-order valence-corrected chi connectivity index (χ3v) is 3.23. The Kier molecular flexibility index (Phi) is 4.47. The van der Waals surface area contributed by atoms with Crippen molar-refractivity contribution >= 4 is 11.6 Å². The van der Waals surface area contributed by atoms with Crippen LogP contribution < -0.4 is 11.1 Å². The highest BCUT2D eigenvalue weighted by molar-refractivity contribution is 5.94. The van der Waals surface area contributed by atoms with Gasteiger partial charge in [0.15, 0.2) is 0 Å². The monoisotopic (exact) mass is 271 g/mol. The van der Waals surface area contributed by atoms with Crippen molar-refractivity contribution in [2.75, 3.05) is 26.4 Å². The van der Waals surface area contributed by atoms with Gasteiger partial charge in [-0.1, -0.05) is 0 Å². The molecule has 3 N–H and O–H groups in total. The highest BCUT2D eigenvalue weighted by atomic mass is 19.1. The van der Waals surface area contributed by atoms with E-state index >= 15 is 0 Å². The summed E-state index contributed by atoms with van der Waals surface area (Å²) in [5.41, 5.74) is 4.22. The molecule has 0 aliphatic carbocycles. The SMILES string of the molecule is CN(C)C(C)(C)CNC(=O)c1cc(F)c(N)c(F)c1. The molecule has 4 nitrogen and oxygen atoms in total. The van der Waals surface area contributed by atoms with Gasteiger partial charge in [-0.15, -0.1) is 0 Å². The van der Waals surface area contributed by atoms with Crippen LogP contribution in [0.25, 0.3) is 0 Å². The molecule has 0 heterocycles. The van der Waals surface area contributed by atoms with Crippen molar-refractivity contribution in [1.82, 2.24) is 10.2 Å². The van der Waals surface area contributed by atoms with E-state index in [-0.39, 0.29) is 11.1 Å². The van der Waals surface area contributed by atoms with Crippen LogP contribution in [0.15, 0.2) is 12.1 Å². The molecule has 106 valence electrons. The van der Waals surface area contributed by atoms with Crippen LogP contribution in [-0.4, -0.2) is 37.0 Å². The van der Waals surface area contributed by atoms with Gasteiger partial charge in [0.05, 0.1) is 0 Å². The molecule has 0 saturated carbocycles. The van der Waals surface area contributed by atoms with E-state index < -0.39 is 23.2 Å². The maximum atomic E-state index is 13.2. The van der Waals surface area contributed by atoms with Gasteiger partial charge in [-0.05, 0) is 40.1 Å². The molecule has 1 amide bonds. The molecule has 0 spiro atoms. The molecular formula is C13H19F2N3O. The standard InChI is InChI=1S/C13H19F2N3O/c1-13(2,18(3)4)7-17-12(19)8-5-9(14)11(16)10(15)6-8/h5-6H,7,16H2,1-4H3,(H,17,19). The molecule has 1 rings (SSSR count). The number of amides is 1. The predicted molar refractivity (Wildman–Crippen MR) is 70.9 cm³/mol. The van der Waals surface area contributed by atoms with Crippen molar-refractivity contribution in [2.24, 2.45) is 0 Å². The van der Waals surface area contributed by atoms with Crippen molar-refractivity contribution in [2.45, 2.75) is 19.4 Å². The second kappa shape index (κ2) is 5.52. The first-order chi connectivity index (χ1) is 8.65. The van der Waals surface area contributed by atoms with Gasteiger partial charge < -0.3 is 16.0 Å². The fourth-order valence-electron chi connectivity index (χ4n) is 1.27. The van der Waals surface area contributed by atoms with Crippen molar-refractivity contribution in [3.63, 3.8) is 0 Å². The summed E-state index contributed by atoms with van der Waals surface area (Å²) in [6, 6.07) is 1.85. The van der Waals surface area contributed by atoms with E-state index in [9.17, 15) is 13.6 Å². The number of hydrogen-bond donors (Lipinski definition) is 2. The fourth-order valence-corrected chi connectivity index (χ4v) is 1.27. The molecule has 0 aliphatic rings. The van der Waals surface area contributed by atoms with Gasteiger partial charge in [0.1, 0.15) is 17.3 Å². The number of benzene rings is 1. The summed E-state index contributed by atoms with van der Waals surface area (Å²) in [6.07, 6.45) is 0. The van der Waals surface area contributed by atoms with E-state index in [1.165, 1.54) is 0 Å². The van der Waals surface area contributed by atoms with Crippen molar-refractivity contribution in [3.05, 3.63) is 29.3 Å². The normalized spacial score (nSPS) is 11.7. The average molecular weight is 271 g/mol. The lowest BCUT2D eigenvalue weighted by molar-refractivity contribution is 0.0919. The number of likely N-dealkylation sites (N-methyl/N-ethyl adjacent to an activating group) is 1. The highest BCUT2D eigenvalue weighted by Gasteiger charge is 2.22. The first kappa shape index (κ1) is 15.4. The molecule has 0 aromatic heterocycles. The van der Waals surface area contributed by atoms with Gasteiger partial charge in [-0.25, -0.2) is 8.78 Å². The smallest absolute Gasteiger partial charge is 0.251 e. The average Bonchev–Trinajstić information content (AvgIpc) is 2.32. The van der Waals surface area contributed by atoms with Gasteiger partial charge in [0.25, 0.3) is 5.91 Å². The van der Waals surface area contributed by atoms with E-state index in [0.29, 0.717) is 6.54 Å². The Balaban J connectivity index is 2.80. The molecule has 19 heavy (non-hydrogen) atoms. The van der Waals surface area contributed by atoms with Crippen LogP contribution in [-0.2, 0) is 0 Å². The van der Waals surface area contributed by atoms with Crippen LogP contribution in [0, 0.1) is 11.6 Å². The number of nitrogens with zero attached hydrogens (tertiary/aromatic N) is 1. The summed E-state index contributed by atoms with van der Waals surface area (Å²) in [5, 5.41) is 2.64. The van der Waals surface area contributed by atoms with Crippen LogP contribution in [0.3, 0.4) is 0 Å². The molecule has 0 atom stereocenters. The lowest BCUT2D eigenvalue weighted by atomic mass is 10.0. The summed E-state index contributed by atoms with van der Waals surface area (Å²) < 4.78 is 26.5. The number of nitrogen functional groups attached to an aromatic ring is 1. The number of rotatable bonds is 4. The number of nitrogens with two attached hydrogens (primary N) is 1. The molecule has 0 saturated heterocycles. The predicted octanol–water partition coefficient (Wildman–Crippen LogP) is 1.62. The van der Waals surface area contributed by atoms with Crippen LogP contribution in [0.1, 0.15) is 24.2 Å². The number of carbonyl (C=O) groups excluding carboxylic acids is 1. The van der Waals surface area contributed by atoms with E-state index in [2.05, 4.69) is 5.32 Å². The summed E-state index contributed by atoms with van der Waals surface area (Å²) in [7, 11) is 3.77. The fraction of sp³-hybridized carbons (Fsp3) is 0.462. The summed E-state index contributed by atoms with van der Waals surface area (Å²) in [4.78, 5) is 13.8. The molecule has 0 aliphatic heterocycles. The Bertz CT molecular complexity index is 464. The molecule has 0 bridgehead atoms. The Morgan fingerprint density at radius 2 is 1.79 bits per heavy atom. The Morgan fingerprint density at radius 1 is 1.32 bits per heavy atom. The van der Waals surface area contributed by atoms with E-state index in [0.717, 1.165) is 12.1 Å². The van der Waals surface area contributed by atoms with Crippen LogP contribution in [0.2, 0.25) is 0 Å². The third-order valence-electron chi connectivity index (χ3n) is 3.23. The molecule has 1 aromatic rings. The Hall–Kier alpha value is -1.69. The summed E-state index contributed by atoms with van der Waals surface area (Å²) >= 11 is 0. The van der Waals surface area contributed by atoms with E-state index in [1.807, 2.05) is 32.8 Å². The van der Waals surface area contributed by atoms with Crippen LogP contribution in [0.4, 0.5) is 14.5 Å². The van der Waals surface area contributed by atoms with Gasteiger partial charge >= 0.3 is 0 Å². The largest absolute Gasteiger partial charge is 0.394 e. The van der Waals surface area contributed by atoms with Gasteiger partial charge in [0, 0.05) is 17.6 Å². The highest BCUT2D eigenvalue weighted by Crippen LogP contribution is 2.17. The molecule has 0 radical (unpaired) electrons. The molecule has 0 fully saturated rings. The number of anilines is 1. The number of halogens is 2. The van der Waals surface area contributed by atoms with Crippen LogP contribution in [0.5, 0.6) is 0 Å². The van der Waals surface area contributed by atoms with Gasteiger partial charge in [-0.2, -0.15) is 0 Å². The summed E-state index contributed by atoms with van der Waals surface area (Å²) in [6.45, 7) is 4.24. The van der Waals surface area contributed by atoms with Crippen LogP contribution >= 0.6 is 0 Å². The Morgan fingerprint density at radius 3 is 2.21 bits per heavy atom. The lowest BCUT2D eigenvalue weighted by Gasteiger charge is -2.32. The maximum absolute atomic E-state index is 13.2. The lowest BCUT2D eigenvalue weighted by Crippen LogP contribution is -2.48. The zero-order valence-corrected chi connectivity index (χ0v) is 11.6. The number of carbonyl (C=O) groups is 1. The summed E-state index contributed by atoms with van der Waals surface area (Å²) in [5.74, 6) is -2.40. The minimum absolute atomic E-state index is 0.0845. The first-order valence-electron chi connectivity index (χ1n) is 5.85. The molecule has 6 heteroatoms. The quantitative estimate of drug-likeness (QED) is 0.818.